The predicted molar refractivity (Wildman–Crippen MR) is 87.1 cm³/mol. The highest BCUT2D eigenvalue weighted by Crippen LogP contribution is 2.38. The molecule has 0 saturated heterocycles. The molecule has 1 aromatic carbocycles. The number of nitrogens with zero attached hydrogens (tertiary/aromatic N) is 1. The van der Waals surface area contributed by atoms with E-state index in [2.05, 4.69) is 10.3 Å². The number of hydrogen-bond donors (Lipinski definition) is 2. The lowest BCUT2D eigenvalue weighted by Crippen LogP contribution is -2.15. The molecule has 1 aliphatic rings. The third kappa shape index (κ3) is 2.92. The second kappa shape index (κ2) is 5.66. The van der Waals surface area contributed by atoms with Gasteiger partial charge in [0.25, 0.3) is 0 Å². The Hall–Kier alpha value is -2.40. The van der Waals surface area contributed by atoms with Gasteiger partial charge in [-0.3, -0.25) is 0 Å². The van der Waals surface area contributed by atoms with Crippen molar-refractivity contribution in [3.63, 3.8) is 0 Å². The quantitative estimate of drug-likeness (QED) is 0.849. The maximum atomic E-state index is 12.1. The van der Waals surface area contributed by atoms with E-state index >= 15 is 0 Å². The van der Waals surface area contributed by atoms with Gasteiger partial charge in [0, 0.05) is 18.3 Å². The largest absolute Gasteiger partial charge is 0.451 e. The molecule has 120 valence electrons. The molecule has 0 amide bonds. The first-order chi connectivity index (χ1) is 10.9. The molecule has 5 nitrogen and oxygen atoms in total. The number of carbonyl (C=O) groups excluding carboxylic acids is 1. The van der Waals surface area contributed by atoms with E-state index in [9.17, 15) is 9.90 Å². The number of aliphatic hydroxyl groups excluding tert-OH is 1. The van der Waals surface area contributed by atoms with Crippen LogP contribution in [0.2, 0.25) is 0 Å². The number of rotatable bonds is 4. The summed E-state index contributed by atoms with van der Waals surface area (Å²) in [5, 5.41) is 12.7. The van der Waals surface area contributed by atoms with Crippen molar-refractivity contribution in [3.8, 4) is 0 Å². The van der Waals surface area contributed by atoms with E-state index < -0.39 is 11.7 Å². The van der Waals surface area contributed by atoms with Crippen molar-refractivity contribution in [2.24, 2.45) is 0 Å². The summed E-state index contributed by atoms with van der Waals surface area (Å²) in [4.78, 5) is 16.4. The lowest BCUT2D eigenvalue weighted by atomic mass is 9.97. The first-order valence-corrected chi connectivity index (χ1v) is 7.62. The first kappa shape index (κ1) is 15.5. The monoisotopic (exact) mass is 312 g/mol. The third-order valence-corrected chi connectivity index (χ3v) is 4.07. The highest BCUT2D eigenvalue weighted by molar-refractivity contribution is 5.99. The fourth-order valence-electron chi connectivity index (χ4n) is 2.74. The van der Waals surface area contributed by atoms with E-state index in [0.717, 1.165) is 16.7 Å². The molecule has 3 rings (SSSR count). The van der Waals surface area contributed by atoms with Gasteiger partial charge in [-0.1, -0.05) is 24.3 Å². The molecule has 1 unspecified atom stereocenters. The van der Waals surface area contributed by atoms with Crippen molar-refractivity contribution in [2.45, 2.75) is 39.0 Å². The zero-order valence-electron chi connectivity index (χ0n) is 13.5. The Kier molecular flexibility index (Phi) is 3.82. The fourth-order valence-corrected chi connectivity index (χ4v) is 2.74. The minimum atomic E-state index is -0.620. The number of benzene rings is 1. The minimum Gasteiger partial charge on any atom is -0.451 e. The number of pyridine rings is 1. The lowest BCUT2D eigenvalue weighted by Gasteiger charge is -2.17. The van der Waals surface area contributed by atoms with Crippen LogP contribution in [0.3, 0.4) is 0 Å². The van der Waals surface area contributed by atoms with Crippen molar-refractivity contribution >= 4 is 11.8 Å². The van der Waals surface area contributed by atoms with E-state index in [1.807, 2.05) is 44.2 Å². The van der Waals surface area contributed by atoms with Crippen LogP contribution in [-0.2, 0) is 16.9 Å². The molecular formula is C18H20N2O3. The van der Waals surface area contributed by atoms with E-state index in [1.54, 1.807) is 13.1 Å². The second-order valence-corrected chi connectivity index (χ2v) is 6.25. The van der Waals surface area contributed by atoms with Crippen molar-refractivity contribution < 1.29 is 14.6 Å². The van der Waals surface area contributed by atoms with Crippen LogP contribution in [0.25, 0.3) is 0 Å². The smallest absolute Gasteiger partial charge is 0.343 e. The van der Waals surface area contributed by atoms with Gasteiger partial charge in [0.1, 0.15) is 17.0 Å². The lowest BCUT2D eigenvalue weighted by molar-refractivity contribution is 0.00958. The molecule has 1 aromatic heterocycles. The van der Waals surface area contributed by atoms with Crippen LogP contribution in [0.5, 0.6) is 0 Å². The highest BCUT2D eigenvalue weighted by Gasteiger charge is 2.39. The molecule has 2 heterocycles. The molecule has 0 saturated carbocycles. The number of anilines is 1. The van der Waals surface area contributed by atoms with Gasteiger partial charge >= 0.3 is 5.97 Å². The summed E-state index contributed by atoms with van der Waals surface area (Å²) >= 11 is 0. The summed E-state index contributed by atoms with van der Waals surface area (Å²) in [7, 11) is 0. The summed E-state index contributed by atoms with van der Waals surface area (Å²) in [5.74, 6) is 0.197. The molecule has 5 heteroatoms. The van der Waals surface area contributed by atoms with Crippen molar-refractivity contribution in [1.82, 2.24) is 4.98 Å². The van der Waals surface area contributed by atoms with E-state index in [1.165, 1.54) is 0 Å². The summed E-state index contributed by atoms with van der Waals surface area (Å²) in [6.45, 7) is 6.01. The maximum absolute atomic E-state index is 12.1. The molecule has 0 radical (unpaired) electrons. The zero-order valence-corrected chi connectivity index (χ0v) is 13.5. The van der Waals surface area contributed by atoms with Crippen molar-refractivity contribution in [2.75, 3.05) is 5.32 Å². The average molecular weight is 312 g/mol. The summed E-state index contributed by atoms with van der Waals surface area (Å²) < 4.78 is 5.41. The Bertz CT molecular complexity index is 736. The Morgan fingerprint density at radius 2 is 1.96 bits per heavy atom. The van der Waals surface area contributed by atoms with E-state index in [4.69, 9.17) is 4.74 Å². The molecule has 0 fully saturated rings. The number of cyclic esters (lactones) is 1. The number of nitrogens with one attached hydrogen (secondary N) is 1. The average Bonchev–Trinajstić information content (AvgIpc) is 2.76. The highest BCUT2D eigenvalue weighted by atomic mass is 16.6. The summed E-state index contributed by atoms with van der Waals surface area (Å²) in [6, 6.07) is 9.49. The molecular weight excluding hydrogens is 292 g/mol. The number of esters is 1. The van der Waals surface area contributed by atoms with Gasteiger partial charge < -0.3 is 15.2 Å². The first-order valence-electron chi connectivity index (χ1n) is 7.62. The van der Waals surface area contributed by atoms with Crippen molar-refractivity contribution in [1.29, 1.82) is 0 Å². The van der Waals surface area contributed by atoms with Gasteiger partial charge in [0.2, 0.25) is 0 Å². The van der Waals surface area contributed by atoms with Crippen LogP contribution in [0, 0.1) is 0 Å². The fraction of sp³-hybridized carbons (Fsp3) is 0.333. The standard InChI is InChI=1S/C18H20N2O3/c1-11(21)13-6-4-12(5-7-13)10-20-16-15-14(8-9-19-16)18(2,3)23-17(15)22/h4-9,11,21H,10H2,1-3H3,(H,19,20). The molecule has 0 bridgehead atoms. The molecule has 0 spiro atoms. The van der Waals surface area contributed by atoms with E-state index in [0.29, 0.717) is 17.9 Å². The van der Waals surface area contributed by atoms with Crippen LogP contribution in [0.4, 0.5) is 5.82 Å². The van der Waals surface area contributed by atoms with E-state index in [-0.39, 0.29) is 5.97 Å². The second-order valence-electron chi connectivity index (χ2n) is 6.25. The Morgan fingerprint density at radius 3 is 2.61 bits per heavy atom. The van der Waals surface area contributed by atoms with Gasteiger partial charge in [-0.2, -0.15) is 0 Å². The Balaban J connectivity index is 1.80. The van der Waals surface area contributed by atoms with Crippen LogP contribution in [0.15, 0.2) is 36.5 Å². The Morgan fingerprint density at radius 1 is 1.26 bits per heavy atom. The SMILES string of the molecule is CC(O)c1ccc(CNc2nccc3c2C(=O)OC3(C)C)cc1. The van der Waals surface area contributed by atoms with Crippen molar-refractivity contribution in [3.05, 3.63) is 58.8 Å². The zero-order chi connectivity index (χ0) is 16.6. The van der Waals surface area contributed by atoms with Gasteiger partial charge in [0.05, 0.1) is 6.10 Å². The van der Waals surface area contributed by atoms with Gasteiger partial charge in [-0.05, 0) is 38.0 Å². The molecule has 1 aliphatic heterocycles. The number of hydrogen-bond acceptors (Lipinski definition) is 5. The van der Waals surface area contributed by atoms with Crippen LogP contribution >= 0.6 is 0 Å². The molecule has 23 heavy (non-hydrogen) atoms. The number of aromatic nitrogens is 1. The van der Waals surface area contributed by atoms with Gasteiger partial charge in [-0.25, -0.2) is 9.78 Å². The van der Waals surface area contributed by atoms with Crippen LogP contribution < -0.4 is 5.32 Å². The molecule has 2 aromatic rings. The topological polar surface area (TPSA) is 71.5 Å². The minimum absolute atomic E-state index is 0.343. The van der Waals surface area contributed by atoms with Crippen LogP contribution in [-0.4, -0.2) is 16.1 Å². The number of carbonyl (C=O) groups is 1. The van der Waals surface area contributed by atoms with Crippen LogP contribution in [0.1, 0.15) is 53.9 Å². The number of fused-ring (bicyclic) bond motifs is 1. The van der Waals surface area contributed by atoms with Gasteiger partial charge in [-0.15, -0.1) is 0 Å². The third-order valence-electron chi connectivity index (χ3n) is 4.07. The predicted octanol–water partition coefficient (Wildman–Crippen LogP) is 3.15. The number of aliphatic hydroxyl groups is 1. The summed E-state index contributed by atoms with van der Waals surface area (Å²) in [6.07, 6.45) is 1.20. The molecule has 2 N–H and O–H groups in total. The van der Waals surface area contributed by atoms with Gasteiger partial charge in [0.15, 0.2) is 0 Å². The maximum Gasteiger partial charge on any atom is 0.343 e. The molecule has 0 aliphatic carbocycles. The normalized spacial score (nSPS) is 16.6. The summed E-state index contributed by atoms with van der Waals surface area (Å²) in [5.41, 5.74) is 2.66. The number of ether oxygens (including phenoxy) is 1. The molecule has 1 atom stereocenters. The Labute approximate surface area is 135 Å².